The van der Waals surface area contributed by atoms with Gasteiger partial charge in [-0.2, -0.15) is 0 Å². The van der Waals surface area contributed by atoms with Gasteiger partial charge >= 0.3 is 0 Å². The number of aromatic nitrogens is 2. The summed E-state index contributed by atoms with van der Waals surface area (Å²) in [5, 5.41) is 3.97. The van der Waals surface area contributed by atoms with E-state index in [1.807, 2.05) is 37.4 Å². The molecule has 0 radical (unpaired) electrons. The molecule has 0 spiro atoms. The standard InChI is InChI=1S/C17H18ClN3/c1-19-11-12-7-8-14(18)9-13(12)10-17-20-15-5-3-4-6-16(15)21(17)2/h3-9,19H,10-11H2,1-2H3. The summed E-state index contributed by atoms with van der Waals surface area (Å²) < 4.78 is 2.15. The number of rotatable bonds is 4. The van der Waals surface area contributed by atoms with Crippen molar-refractivity contribution in [3.05, 3.63) is 64.4 Å². The molecule has 0 atom stereocenters. The molecular weight excluding hydrogens is 282 g/mol. The molecule has 0 aliphatic carbocycles. The van der Waals surface area contributed by atoms with Crippen molar-refractivity contribution in [2.45, 2.75) is 13.0 Å². The van der Waals surface area contributed by atoms with Crippen LogP contribution in [0, 0.1) is 0 Å². The van der Waals surface area contributed by atoms with Crippen molar-refractivity contribution in [1.29, 1.82) is 0 Å². The Balaban J connectivity index is 2.02. The predicted octanol–water partition coefficient (Wildman–Crippen LogP) is 3.54. The second-order valence-corrected chi connectivity index (χ2v) is 5.63. The molecule has 0 bridgehead atoms. The number of benzene rings is 2. The van der Waals surface area contributed by atoms with E-state index in [9.17, 15) is 0 Å². The molecule has 0 fully saturated rings. The highest BCUT2D eigenvalue weighted by molar-refractivity contribution is 6.30. The normalized spacial score (nSPS) is 11.2. The van der Waals surface area contributed by atoms with E-state index in [1.54, 1.807) is 0 Å². The van der Waals surface area contributed by atoms with Gasteiger partial charge in [0.15, 0.2) is 0 Å². The van der Waals surface area contributed by atoms with E-state index in [0.29, 0.717) is 0 Å². The maximum atomic E-state index is 6.15. The van der Waals surface area contributed by atoms with Gasteiger partial charge in [0.25, 0.3) is 0 Å². The highest BCUT2D eigenvalue weighted by Crippen LogP contribution is 2.21. The van der Waals surface area contributed by atoms with Crippen LogP contribution in [0.15, 0.2) is 42.5 Å². The molecule has 0 amide bonds. The number of hydrogen-bond acceptors (Lipinski definition) is 2. The molecule has 0 aliphatic rings. The molecular formula is C17H18ClN3. The summed E-state index contributed by atoms with van der Waals surface area (Å²) in [7, 11) is 4.01. The van der Waals surface area contributed by atoms with Crippen molar-refractivity contribution >= 4 is 22.6 Å². The second kappa shape index (κ2) is 5.88. The maximum absolute atomic E-state index is 6.15. The number of fused-ring (bicyclic) bond motifs is 1. The molecule has 3 aromatic rings. The first-order valence-electron chi connectivity index (χ1n) is 7.01. The molecule has 0 unspecified atom stereocenters. The van der Waals surface area contributed by atoms with Gasteiger partial charge in [-0.1, -0.05) is 29.8 Å². The Morgan fingerprint density at radius 3 is 2.71 bits per heavy atom. The average molecular weight is 300 g/mol. The monoisotopic (exact) mass is 299 g/mol. The molecule has 108 valence electrons. The largest absolute Gasteiger partial charge is 0.331 e. The van der Waals surface area contributed by atoms with Gasteiger partial charge in [-0.15, -0.1) is 0 Å². The number of imidazole rings is 1. The Hall–Kier alpha value is -1.84. The lowest BCUT2D eigenvalue weighted by Crippen LogP contribution is -2.09. The minimum absolute atomic E-state index is 0.767. The zero-order valence-electron chi connectivity index (χ0n) is 12.2. The third-order valence-electron chi connectivity index (χ3n) is 3.76. The van der Waals surface area contributed by atoms with E-state index in [4.69, 9.17) is 16.6 Å². The number of aryl methyl sites for hydroxylation is 1. The van der Waals surface area contributed by atoms with Crippen molar-refractivity contribution in [3.63, 3.8) is 0 Å². The van der Waals surface area contributed by atoms with E-state index in [1.165, 1.54) is 11.1 Å². The number of para-hydroxylation sites is 2. The third kappa shape index (κ3) is 2.80. The molecule has 0 saturated heterocycles. The van der Waals surface area contributed by atoms with Gasteiger partial charge in [0.2, 0.25) is 0 Å². The first-order chi connectivity index (χ1) is 10.2. The van der Waals surface area contributed by atoms with E-state index >= 15 is 0 Å². The van der Waals surface area contributed by atoms with Crippen LogP contribution in [0.3, 0.4) is 0 Å². The van der Waals surface area contributed by atoms with Crippen molar-refractivity contribution < 1.29 is 0 Å². The smallest absolute Gasteiger partial charge is 0.114 e. The molecule has 3 rings (SSSR count). The summed E-state index contributed by atoms with van der Waals surface area (Å²) >= 11 is 6.15. The Labute approximate surface area is 129 Å². The van der Waals surface area contributed by atoms with Crippen LogP contribution in [0.1, 0.15) is 17.0 Å². The maximum Gasteiger partial charge on any atom is 0.114 e. The SMILES string of the molecule is CNCc1ccc(Cl)cc1Cc1nc2ccccc2n1C. The van der Waals surface area contributed by atoms with Gasteiger partial charge in [0.05, 0.1) is 11.0 Å². The molecule has 0 saturated carbocycles. The summed E-state index contributed by atoms with van der Waals surface area (Å²) in [4.78, 5) is 4.74. The molecule has 1 heterocycles. The summed E-state index contributed by atoms with van der Waals surface area (Å²) in [5.74, 6) is 1.05. The van der Waals surface area contributed by atoms with Crippen LogP contribution in [0.4, 0.5) is 0 Å². The fourth-order valence-corrected chi connectivity index (χ4v) is 2.84. The minimum atomic E-state index is 0.767. The Kier molecular flexibility index (Phi) is 3.95. The van der Waals surface area contributed by atoms with Crippen LogP contribution < -0.4 is 5.32 Å². The van der Waals surface area contributed by atoms with Gasteiger partial charge < -0.3 is 9.88 Å². The summed E-state index contributed by atoms with van der Waals surface area (Å²) in [5.41, 5.74) is 4.67. The quantitative estimate of drug-likeness (QED) is 0.798. The second-order valence-electron chi connectivity index (χ2n) is 5.20. The number of nitrogens with one attached hydrogen (secondary N) is 1. The molecule has 0 aliphatic heterocycles. The van der Waals surface area contributed by atoms with Crippen molar-refractivity contribution in [3.8, 4) is 0 Å². The zero-order valence-corrected chi connectivity index (χ0v) is 13.0. The average Bonchev–Trinajstić information content (AvgIpc) is 2.79. The molecule has 1 N–H and O–H groups in total. The summed E-state index contributed by atoms with van der Waals surface area (Å²) in [6.07, 6.45) is 0.781. The van der Waals surface area contributed by atoms with Gasteiger partial charge in [-0.25, -0.2) is 4.98 Å². The topological polar surface area (TPSA) is 29.9 Å². The van der Waals surface area contributed by atoms with Crippen molar-refractivity contribution in [2.75, 3.05) is 7.05 Å². The van der Waals surface area contributed by atoms with Crippen LogP contribution in [0.25, 0.3) is 11.0 Å². The highest BCUT2D eigenvalue weighted by Gasteiger charge is 2.10. The number of hydrogen-bond donors (Lipinski definition) is 1. The van der Waals surface area contributed by atoms with Crippen LogP contribution in [-0.2, 0) is 20.0 Å². The fraction of sp³-hybridized carbons (Fsp3) is 0.235. The Bertz CT molecular complexity index is 777. The highest BCUT2D eigenvalue weighted by atomic mass is 35.5. The first-order valence-corrected chi connectivity index (χ1v) is 7.39. The molecule has 4 heteroatoms. The third-order valence-corrected chi connectivity index (χ3v) is 4.00. The van der Waals surface area contributed by atoms with Gasteiger partial charge in [-0.3, -0.25) is 0 Å². The predicted molar refractivity (Wildman–Crippen MR) is 87.7 cm³/mol. The molecule has 3 nitrogen and oxygen atoms in total. The Morgan fingerprint density at radius 2 is 1.95 bits per heavy atom. The van der Waals surface area contributed by atoms with E-state index in [2.05, 4.69) is 29.1 Å². The van der Waals surface area contributed by atoms with E-state index in [0.717, 1.165) is 34.8 Å². The lowest BCUT2D eigenvalue weighted by atomic mass is 10.0. The van der Waals surface area contributed by atoms with Crippen LogP contribution in [-0.4, -0.2) is 16.6 Å². The lowest BCUT2D eigenvalue weighted by molar-refractivity contribution is 0.793. The molecule has 2 aromatic carbocycles. The minimum Gasteiger partial charge on any atom is -0.331 e. The van der Waals surface area contributed by atoms with Crippen molar-refractivity contribution in [2.24, 2.45) is 7.05 Å². The van der Waals surface area contributed by atoms with E-state index in [-0.39, 0.29) is 0 Å². The number of nitrogens with zero attached hydrogens (tertiary/aromatic N) is 2. The van der Waals surface area contributed by atoms with Gasteiger partial charge in [0.1, 0.15) is 5.82 Å². The van der Waals surface area contributed by atoms with Crippen LogP contribution in [0.5, 0.6) is 0 Å². The lowest BCUT2D eigenvalue weighted by Gasteiger charge is -2.10. The Morgan fingerprint density at radius 1 is 1.14 bits per heavy atom. The van der Waals surface area contributed by atoms with Gasteiger partial charge in [0, 0.05) is 25.0 Å². The molecule has 1 aromatic heterocycles. The summed E-state index contributed by atoms with van der Waals surface area (Å²) in [6, 6.07) is 14.3. The van der Waals surface area contributed by atoms with Crippen molar-refractivity contribution in [1.82, 2.24) is 14.9 Å². The van der Waals surface area contributed by atoms with E-state index < -0.39 is 0 Å². The van der Waals surface area contributed by atoms with Gasteiger partial charge in [-0.05, 0) is 42.4 Å². The fourth-order valence-electron chi connectivity index (χ4n) is 2.65. The zero-order chi connectivity index (χ0) is 14.8. The molecule has 21 heavy (non-hydrogen) atoms. The summed E-state index contributed by atoms with van der Waals surface area (Å²) in [6.45, 7) is 0.830. The van der Waals surface area contributed by atoms with Crippen LogP contribution in [0.2, 0.25) is 5.02 Å². The number of halogens is 1. The van der Waals surface area contributed by atoms with Crippen LogP contribution >= 0.6 is 11.6 Å². The first kappa shape index (κ1) is 14.1.